The molecule has 1 heterocycles. The van der Waals surface area contributed by atoms with Crippen LogP contribution in [0.15, 0.2) is 18.2 Å². The van der Waals surface area contributed by atoms with E-state index in [1.54, 1.807) is 6.07 Å². The number of hydrogen-bond acceptors (Lipinski definition) is 2. The highest BCUT2D eigenvalue weighted by atomic mass is 16.2. The van der Waals surface area contributed by atoms with Crippen LogP contribution < -0.4 is 10.6 Å². The molecule has 0 saturated carbocycles. The maximum Gasteiger partial charge on any atom is 0.251 e. The fourth-order valence-corrected chi connectivity index (χ4v) is 3.27. The van der Waals surface area contributed by atoms with Gasteiger partial charge in [-0.1, -0.05) is 0 Å². The first-order chi connectivity index (χ1) is 11.3. The van der Waals surface area contributed by atoms with Gasteiger partial charge in [-0.3, -0.25) is 9.59 Å². The van der Waals surface area contributed by atoms with Crippen molar-refractivity contribution in [2.75, 3.05) is 6.54 Å². The lowest BCUT2D eigenvalue weighted by Gasteiger charge is -2.20. The Kier molecular flexibility index (Phi) is 4.35. The molecule has 0 unspecified atom stereocenters. The first-order valence-electron chi connectivity index (χ1n) is 8.56. The van der Waals surface area contributed by atoms with E-state index < -0.39 is 0 Å². The Bertz CT molecular complexity index is 784. The zero-order chi connectivity index (χ0) is 17.3. The molecule has 128 valence electrons. The van der Waals surface area contributed by atoms with E-state index in [1.807, 2.05) is 32.9 Å². The molecule has 1 aliphatic rings. The largest absolute Gasteiger partial charge is 0.358 e. The van der Waals surface area contributed by atoms with Crippen LogP contribution in [0.3, 0.4) is 0 Å². The van der Waals surface area contributed by atoms with Gasteiger partial charge in [-0.25, -0.2) is 0 Å². The summed E-state index contributed by atoms with van der Waals surface area (Å²) in [6.45, 7) is 5.72. The predicted octanol–water partition coefficient (Wildman–Crippen LogP) is 2.69. The van der Waals surface area contributed by atoms with Crippen LogP contribution in [0.5, 0.6) is 0 Å². The number of aryl methyl sites for hydroxylation is 2. The van der Waals surface area contributed by atoms with Gasteiger partial charge in [0.25, 0.3) is 5.91 Å². The van der Waals surface area contributed by atoms with Gasteiger partial charge in [0.15, 0.2) is 0 Å². The van der Waals surface area contributed by atoms with Gasteiger partial charge in [0.05, 0.1) is 6.54 Å². The SMILES string of the molecule is CC(C)(C)NC(=O)CNC(=O)c1ccc2[nH]c3c(c2c1)CCCC3. The number of rotatable bonds is 3. The minimum Gasteiger partial charge on any atom is -0.358 e. The number of carbonyl (C=O) groups is 2. The Morgan fingerprint density at radius 1 is 1.17 bits per heavy atom. The molecule has 2 amide bonds. The molecule has 0 fully saturated rings. The maximum atomic E-state index is 12.3. The van der Waals surface area contributed by atoms with Crippen molar-refractivity contribution in [3.8, 4) is 0 Å². The van der Waals surface area contributed by atoms with Crippen LogP contribution >= 0.6 is 0 Å². The highest BCUT2D eigenvalue weighted by Gasteiger charge is 2.18. The summed E-state index contributed by atoms with van der Waals surface area (Å²) in [6.07, 6.45) is 4.56. The van der Waals surface area contributed by atoms with Crippen LogP contribution in [0.4, 0.5) is 0 Å². The van der Waals surface area contributed by atoms with Gasteiger partial charge >= 0.3 is 0 Å². The highest BCUT2D eigenvalue weighted by Crippen LogP contribution is 2.29. The van der Waals surface area contributed by atoms with E-state index >= 15 is 0 Å². The second kappa shape index (κ2) is 6.30. The van der Waals surface area contributed by atoms with Crippen molar-refractivity contribution >= 4 is 22.7 Å². The molecule has 0 radical (unpaired) electrons. The summed E-state index contributed by atoms with van der Waals surface area (Å²) in [5.74, 6) is -0.400. The molecule has 3 N–H and O–H groups in total. The van der Waals surface area contributed by atoms with E-state index in [0.717, 1.165) is 23.7 Å². The number of H-pyrrole nitrogens is 1. The van der Waals surface area contributed by atoms with Crippen molar-refractivity contribution < 1.29 is 9.59 Å². The molecule has 1 aromatic heterocycles. The molecule has 5 nitrogen and oxygen atoms in total. The van der Waals surface area contributed by atoms with Crippen molar-refractivity contribution in [1.82, 2.24) is 15.6 Å². The molecule has 24 heavy (non-hydrogen) atoms. The number of fused-ring (bicyclic) bond motifs is 3. The predicted molar refractivity (Wildman–Crippen MR) is 95.2 cm³/mol. The summed E-state index contributed by atoms with van der Waals surface area (Å²) in [6, 6.07) is 5.70. The second-order valence-electron chi connectivity index (χ2n) is 7.53. The summed E-state index contributed by atoms with van der Waals surface area (Å²) in [5.41, 5.74) is 4.03. The second-order valence-corrected chi connectivity index (χ2v) is 7.53. The zero-order valence-corrected chi connectivity index (χ0v) is 14.6. The standard InChI is InChI=1S/C19H25N3O2/c1-19(2,3)22-17(23)11-20-18(24)12-8-9-16-14(10-12)13-6-4-5-7-15(13)21-16/h8-10,21H,4-7,11H2,1-3H3,(H,20,24)(H,22,23). The lowest BCUT2D eigenvalue weighted by Crippen LogP contribution is -2.45. The minimum absolute atomic E-state index is 0.0145. The van der Waals surface area contributed by atoms with Crippen LogP contribution in [0.1, 0.15) is 55.2 Å². The van der Waals surface area contributed by atoms with Crippen LogP contribution in [0.25, 0.3) is 10.9 Å². The number of aromatic amines is 1. The Morgan fingerprint density at radius 3 is 2.67 bits per heavy atom. The monoisotopic (exact) mass is 327 g/mol. The van der Waals surface area contributed by atoms with Gasteiger partial charge in [-0.15, -0.1) is 0 Å². The van der Waals surface area contributed by atoms with Crippen LogP contribution in [0.2, 0.25) is 0 Å². The Labute approximate surface area is 142 Å². The number of hydrogen-bond donors (Lipinski definition) is 3. The van der Waals surface area contributed by atoms with Gasteiger partial charge in [-0.05, 0) is 70.2 Å². The molecule has 1 aromatic carbocycles. The lowest BCUT2D eigenvalue weighted by atomic mass is 9.95. The smallest absolute Gasteiger partial charge is 0.251 e. The average Bonchev–Trinajstić information content (AvgIpc) is 2.88. The molecule has 5 heteroatoms. The van der Waals surface area contributed by atoms with Gasteiger partial charge in [0.1, 0.15) is 0 Å². The molecule has 1 aliphatic carbocycles. The van der Waals surface area contributed by atoms with Crippen LogP contribution in [0, 0.1) is 0 Å². The molecule has 0 spiro atoms. The fourth-order valence-electron chi connectivity index (χ4n) is 3.27. The molecule has 0 atom stereocenters. The Balaban J connectivity index is 1.72. The molecule has 3 rings (SSSR count). The zero-order valence-electron chi connectivity index (χ0n) is 14.6. The van der Waals surface area contributed by atoms with E-state index in [0.29, 0.717) is 5.56 Å². The summed E-state index contributed by atoms with van der Waals surface area (Å²) in [4.78, 5) is 27.6. The quantitative estimate of drug-likeness (QED) is 0.811. The van der Waals surface area contributed by atoms with E-state index in [9.17, 15) is 9.59 Å². The highest BCUT2D eigenvalue weighted by molar-refractivity contribution is 6.00. The lowest BCUT2D eigenvalue weighted by molar-refractivity contribution is -0.121. The van der Waals surface area contributed by atoms with Crippen molar-refractivity contribution in [1.29, 1.82) is 0 Å². The third-order valence-corrected chi connectivity index (χ3v) is 4.28. The van der Waals surface area contributed by atoms with E-state index in [-0.39, 0.29) is 23.9 Å². The van der Waals surface area contributed by atoms with Gasteiger partial charge in [0.2, 0.25) is 5.91 Å². The summed E-state index contributed by atoms with van der Waals surface area (Å²) in [7, 11) is 0. The van der Waals surface area contributed by atoms with Gasteiger partial charge < -0.3 is 15.6 Å². The molecule has 2 aromatic rings. The molecule has 0 aliphatic heterocycles. The van der Waals surface area contributed by atoms with Gasteiger partial charge in [-0.2, -0.15) is 0 Å². The number of aromatic nitrogens is 1. The number of nitrogens with one attached hydrogen (secondary N) is 3. The summed E-state index contributed by atoms with van der Waals surface area (Å²) >= 11 is 0. The number of amides is 2. The van der Waals surface area contributed by atoms with Crippen LogP contribution in [-0.4, -0.2) is 28.9 Å². The van der Waals surface area contributed by atoms with E-state index in [4.69, 9.17) is 0 Å². The maximum absolute atomic E-state index is 12.3. The average molecular weight is 327 g/mol. The topological polar surface area (TPSA) is 74.0 Å². The first-order valence-corrected chi connectivity index (χ1v) is 8.56. The van der Waals surface area contributed by atoms with Crippen molar-refractivity contribution in [2.24, 2.45) is 0 Å². The summed E-state index contributed by atoms with van der Waals surface area (Å²) in [5, 5.41) is 6.67. The third kappa shape index (κ3) is 3.61. The Hall–Kier alpha value is -2.30. The first kappa shape index (κ1) is 16.6. The minimum atomic E-state index is -0.301. The molecule has 0 saturated heterocycles. The van der Waals surface area contributed by atoms with Crippen LogP contribution in [-0.2, 0) is 17.6 Å². The Morgan fingerprint density at radius 2 is 1.92 bits per heavy atom. The van der Waals surface area contributed by atoms with Crippen molar-refractivity contribution in [3.05, 3.63) is 35.0 Å². The molecular formula is C19H25N3O2. The van der Waals surface area contributed by atoms with Crippen molar-refractivity contribution in [2.45, 2.75) is 52.0 Å². The fraction of sp³-hybridized carbons (Fsp3) is 0.474. The normalized spacial score (nSPS) is 14.3. The summed E-state index contributed by atoms with van der Waals surface area (Å²) < 4.78 is 0. The van der Waals surface area contributed by atoms with E-state index in [1.165, 1.54) is 24.1 Å². The van der Waals surface area contributed by atoms with E-state index in [2.05, 4.69) is 15.6 Å². The number of benzene rings is 1. The molecule has 0 bridgehead atoms. The number of carbonyl (C=O) groups excluding carboxylic acids is 2. The van der Waals surface area contributed by atoms with Gasteiger partial charge in [0, 0.05) is 27.7 Å². The third-order valence-electron chi connectivity index (χ3n) is 4.28. The molecular weight excluding hydrogens is 302 g/mol. The van der Waals surface area contributed by atoms with Crippen molar-refractivity contribution in [3.63, 3.8) is 0 Å².